The van der Waals surface area contributed by atoms with E-state index in [1.165, 1.54) is 16.4 Å². The molecule has 8 heteroatoms. The van der Waals surface area contributed by atoms with Gasteiger partial charge in [-0.3, -0.25) is 0 Å². The average molecular weight is 404 g/mol. The first kappa shape index (κ1) is 18.2. The summed E-state index contributed by atoms with van der Waals surface area (Å²) in [5.41, 5.74) is 1.93. The van der Waals surface area contributed by atoms with Gasteiger partial charge in [0, 0.05) is 17.1 Å². The van der Waals surface area contributed by atoms with E-state index in [2.05, 4.69) is 10.1 Å². The van der Waals surface area contributed by atoms with Gasteiger partial charge in [0.1, 0.15) is 6.04 Å². The van der Waals surface area contributed by atoms with Gasteiger partial charge in [0.05, 0.1) is 4.90 Å². The Bertz CT molecular complexity index is 1060. The number of aromatic nitrogens is 2. The molecule has 3 aromatic rings. The van der Waals surface area contributed by atoms with E-state index in [0.717, 1.165) is 17.5 Å². The lowest BCUT2D eigenvalue weighted by molar-refractivity contribution is 0.290. The van der Waals surface area contributed by atoms with Crippen LogP contribution in [0.1, 0.15) is 30.3 Å². The van der Waals surface area contributed by atoms with Crippen LogP contribution in [0.5, 0.6) is 0 Å². The number of sulfonamides is 1. The highest BCUT2D eigenvalue weighted by molar-refractivity contribution is 7.89. The number of benzene rings is 2. The van der Waals surface area contributed by atoms with E-state index < -0.39 is 16.1 Å². The van der Waals surface area contributed by atoms with E-state index in [-0.39, 0.29) is 4.90 Å². The Morgan fingerprint density at radius 1 is 1.19 bits per heavy atom. The van der Waals surface area contributed by atoms with Crippen LogP contribution < -0.4 is 0 Å². The zero-order valence-electron chi connectivity index (χ0n) is 14.7. The van der Waals surface area contributed by atoms with Crippen molar-refractivity contribution >= 4 is 21.6 Å². The lowest BCUT2D eigenvalue weighted by Gasteiger charge is -2.21. The Kier molecular flexibility index (Phi) is 4.75. The molecule has 0 saturated carbocycles. The Morgan fingerprint density at radius 3 is 2.70 bits per heavy atom. The predicted octanol–water partition coefficient (Wildman–Crippen LogP) is 4.22. The van der Waals surface area contributed by atoms with Crippen LogP contribution in [-0.4, -0.2) is 29.4 Å². The largest absolute Gasteiger partial charge is 0.337 e. The van der Waals surface area contributed by atoms with E-state index in [4.69, 9.17) is 16.1 Å². The number of rotatable bonds is 4. The smallest absolute Gasteiger partial charge is 0.245 e. The summed E-state index contributed by atoms with van der Waals surface area (Å²) < 4.78 is 33.0. The van der Waals surface area contributed by atoms with E-state index in [1.807, 2.05) is 31.2 Å². The third kappa shape index (κ3) is 3.50. The van der Waals surface area contributed by atoms with E-state index in [1.54, 1.807) is 12.1 Å². The van der Waals surface area contributed by atoms with Crippen LogP contribution in [0.3, 0.4) is 0 Å². The average Bonchev–Trinajstić information content (AvgIpc) is 3.32. The lowest BCUT2D eigenvalue weighted by atomic mass is 10.1. The second-order valence-electron chi connectivity index (χ2n) is 6.55. The van der Waals surface area contributed by atoms with Gasteiger partial charge < -0.3 is 4.52 Å². The zero-order valence-corrected chi connectivity index (χ0v) is 16.2. The van der Waals surface area contributed by atoms with Gasteiger partial charge in [-0.25, -0.2) is 8.42 Å². The van der Waals surface area contributed by atoms with Crippen LogP contribution in [0, 0.1) is 6.92 Å². The number of hydrogen-bond acceptors (Lipinski definition) is 5. The highest BCUT2D eigenvalue weighted by Crippen LogP contribution is 2.36. The number of halogens is 1. The SMILES string of the molecule is Cc1cccc(-c2noc([C@H]3CCCN3S(=O)(=O)c3ccc(Cl)cc3)n2)c1. The topological polar surface area (TPSA) is 76.3 Å². The molecule has 1 aromatic heterocycles. The number of hydrogen-bond donors (Lipinski definition) is 0. The molecule has 0 amide bonds. The Labute approximate surface area is 162 Å². The maximum Gasteiger partial charge on any atom is 0.245 e. The molecule has 1 aliphatic rings. The van der Waals surface area contributed by atoms with Gasteiger partial charge in [0.25, 0.3) is 0 Å². The van der Waals surface area contributed by atoms with Gasteiger partial charge in [0.15, 0.2) is 0 Å². The fourth-order valence-corrected chi connectivity index (χ4v) is 5.07. The molecule has 1 atom stereocenters. The minimum Gasteiger partial charge on any atom is -0.337 e. The molecule has 0 N–H and O–H groups in total. The first-order valence-electron chi connectivity index (χ1n) is 8.63. The summed E-state index contributed by atoms with van der Waals surface area (Å²) in [6.07, 6.45) is 1.38. The van der Waals surface area contributed by atoms with Crippen LogP contribution in [0.4, 0.5) is 0 Å². The fraction of sp³-hybridized carbons (Fsp3) is 0.263. The quantitative estimate of drug-likeness (QED) is 0.651. The normalized spacial score (nSPS) is 18.1. The van der Waals surface area contributed by atoms with Crippen LogP contribution in [-0.2, 0) is 10.0 Å². The van der Waals surface area contributed by atoms with Crippen molar-refractivity contribution < 1.29 is 12.9 Å². The number of aryl methyl sites for hydroxylation is 1. The summed E-state index contributed by atoms with van der Waals surface area (Å²) in [5, 5.41) is 4.54. The number of nitrogens with zero attached hydrogens (tertiary/aromatic N) is 3. The van der Waals surface area contributed by atoms with Crippen molar-refractivity contribution in [3.05, 3.63) is 65.0 Å². The van der Waals surface area contributed by atoms with Crippen molar-refractivity contribution in [1.29, 1.82) is 0 Å². The standard InChI is InChI=1S/C19H18ClN3O3S/c1-13-4-2-5-14(12-13)18-21-19(26-22-18)17-6-3-11-23(17)27(24,25)16-9-7-15(20)8-10-16/h2,4-5,7-10,12,17H,3,6,11H2,1H3/t17-/m1/s1. The minimum absolute atomic E-state index is 0.206. The Morgan fingerprint density at radius 2 is 1.96 bits per heavy atom. The summed E-state index contributed by atoms with van der Waals surface area (Å²) >= 11 is 5.88. The summed E-state index contributed by atoms with van der Waals surface area (Å²) in [4.78, 5) is 4.68. The summed E-state index contributed by atoms with van der Waals surface area (Å²) in [6.45, 7) is 2.40. The third-order valence-electron chi connectivity index (χ3n) is 4.63. The van der Waals surface area contributed by atoms with Crippen LogP contribution in [0.2, 0.25) is 5.02 Å². The molecule has 1 aliphatic heterocycles. The highest BCUT2D eigenvalue weighted by atomic mass is 35.5. The maximum absolute atomic E-state index is 13.0. The molecule has 4 rings (SSSR count). The van der Waals surface area contributed by atoms with Crippen molar-refractivity contribution in [2.75, 3.05) is 6.54 Å². The van der Waals surface area contributed by atoms with E-state index >= 15 is 0 Å². The van der Waals surface area contributed by atoms with Crippen molar-refractivity contribution in [2.24, 2.45) is 0 Å². The van der Waals surface area contributed by atoms with E-state index in [9.17, 15) is 8.42 Å². The van der Waals surface area contributed by atoms with Crippen molar-refractivity contribution in [3.8, 4) is 11.4 Å². The fourth-order valence-electron chi connectivity index (χ4n) is 3.29. The van der Waals surface area contributed by atoms with E-state index in [0.29, 0.717) is 29.7 Å². The summed E-state index contributed by atoms with van der Waals surface area (Å²) in [6, 6.07) is 13.5. The van der Waals surface area contributed by atoms with Gasteiger partial charge in [-0.1, -0.05) is 40.5 Å². The second-order valence-corrected chi connectivity index (χ2v) is 8.88. The molecular formula is C19H18ClN3O3S. The van der Waals surface area contributed by atoms with Crippen LogP contribution >= 0.6 is 11.6 Å². The molecule has 0 radical (unpaired) electrons. The molecule has 2 heterocycles. The van der Waals surface area contributed by atoms with Crippen molar-refractivity contribution in [1.82, 2.24) is 14.4 Å². The maximum atomic E-state index is 13.0. The molecular weight excluding hydrogens is 386 g/mol. The Balaban J connectivity index is 1.65. The molecule has 0 spiro atoms. The molecule has 1 saturated heterocycles. The van der Waals surface area contributed by atoms with Crippen molar-refractivity contribution in [2.45, 2.75) is 30.7 Å². The van der Waals surface area contributed by atoms with Crippen LogP contribution in [0.15, 0.2) is 57.9 Å². The molecule has 0 unspecified atom stereocenters. The lowest BCUT2D eigenvalue weighted by Crippen LogP contribution is -2.30. The third-order valence-corrected chi connectivity index (χ3v) is 6.80. The molecule has 6 nitrogen and oxygen atoms in total. The molecule has 140 valence electrons. The Hall–Kier alpha value is -2.22. The van der Waals surface area contributed by atoms with Gasteiger partial charge in [-0.2, -0.15) is 9.29 Å². The van der Waals surface area contributed by atoms with Gasteiger partial charge >= 0.3 is 0 Å². The van der Waals surface area contributed by atoms with Crippen molar-refractivity contribution in [3.63, 3.8) is 0 Å². The zero-order chi connectivity index (χ0) is 19.0. The second kappa shape index (κ2) is 7.07. The monoisotopic (exact) mass is 403 g/mol. The first-order chi connectivity index (χ1) is 12.9. The molecule has 0 aliphatic carbocycles. The van der Waals surface area contributed by atoms with Gasteiger partial charge in [0.2, 0.25) is 21.7 Å². The molecule has 0 bridgehead atoms. The molecule has 2 aromatic carbocycles. The highest BCUT2D eigenvalue weighted by Gasteiger charge is 2.39. The van der Waals surface area contributed by atoms with Gasteiger partial charge in [-0.05, 0) is 50.1 Å². The summed E-state index contributed by atoms with van der Waals surface area (Å²) in [5.74, 6) is 0.783. The predicted molar refractivity (Wildman–Crippen MR) is 102 cm³/mol. The first-order valence-corrected chi connectivity index (χ1v) is 10.4. The summed E-state index contributed by atoms with van der Waals surface area (Å²) in [7, 11) is -3.67. The van der Waals surface area contributed by atoms with Gasteiger partial charge in [-0.15, -0.1) is 0 Å². The van der Waals surface area contributed by atoms with Crippen LogP contribution in [0.25, 0.3) is 11.4 Å². The molecule has 1 fully saturated rings. The molecule has 27 heavy (non-hydrogen) atoms. The minimum atomic E-state index is -3.67.